The third kappa shape index (κ3) is 7.68. The van der Waals surface area contributed by atoms with Gasteiger partial charge in [0, 0.05) is 14.1 Å². The van der Waals surface area contributed by atoms with Crippen LogP contribution in [0.3, 0.4) is 0 Å². The minimum absolute atomic E-state index is 0.0363. The molecule has 0 bridgehead atoms. The summed E-state index contributed by atoms with van der Waals surface area (Å²) in [5.74, 6) is 1.56. The van der Waals surface area contributed by atoms with Crippen LogP contribution < -0.4 is 9.47 Å². The Labute approximate surface area is 261 Å². The molecule has 0 unspecified atom stereocenters. The summed E-state index contributed by atoms with van der Waals surface area (Å²) in [6.45, 7) is -0.0363. The van der Waals surface area contributed by atoms with Crippen molar-refractivity contribution >= 4 is 50.6 Å². The smallest absolute Gasteiger partial charge is 0.416 e. The number of fused-ring (bicyclic) bond motifs is 2. The molecule has 1 N–H and O–H groups in total. The Morgan fingerprint density at radius 2 is 1.64 bits per heavy atom. The Morgan fingerprint density at radius 1 is 0.911 bits per heavy atom. The lowest BCUT2D eigenvalue weighted by atomic mass is 10.1. The first-order valence-electron chi connectivity index (χ1n) is 13.8. The first kappa shape index (κ1) is 31.3. The third-order valence-corrected chi connectivity index (χ3v) is 7.60. The second-order valence-corrected chi connectivity index (χ2v) is 11.1. The zero-order chi connectivity index (χ0) is 32.0. The second-order valence-electron chi connectivity index (χ2n) is 10.1. The summed E-state index contributed by atoms with van der Waals surface area (Å²) in [4.78, 5) is 23.9. The monoisotopic (exact) mass is 630 g/mol. The van der Waals surface area contributed by atoms with E-state index in [2.05, 4.69) is 4.98 Å². The number of methoxy groups -OCH3 is 1. The maximum atomic E-state index is 13.1. The fourth-order valence-electron chi connectivity index (χ4n) is 4.36. The third-order valence-electron chi connectivity index (χ3n) is 6.53. The zero-order valence-corrected chi connectivity index (χ0v) is 25.4. The van der Waals surface area contributed by atoms with Crippen LogP contribution in [0, 0.1) is 0 Å². The number of imidazole rings is 1. The highest BCUT2D eigenvalue weighted by Crippen LogP contribution is 2.35. The minimum atomic E-state index is -4.41. The lowest BCUT2D eigenvalue weighted by molar-refractivity contribution is -0.137. The molecule has 6 aromatic rings. The molecule has 0 radical (unpaired) electrons. The number of ether oxygens (including phenoxy) is 2. The van der Waals surface area contributed by atoms with E-state index in [9.17, 15) is 18.0 Å². The summed E-state index contributed by atoms with van der Waals surface area (Å²) >= 11 is 1.58. The van der Waals surface area contributed by atoms with Gasteiger partial charge < -0.3 is 19.4 Å². The molecule has 45 heavy (non-hydrogen) atoms. The lowest BCUT2D eigenvalue weighted by Crippen LogP contribution is -2.06. The van der Waals surface area contributed by atoms with Gasteiger partial charge in [0.05, 0.1) is 39.5 Å². The van der Waals surface area contributed by atoms with Gasteiger partial charge in [-0.25, -0.2) is 9.97 Å². The van der Waals surface area contributed by atoms with E-state index in [1.807, 2.05) is 66.7 Å². The van der Waals surface area contributed by atoms with Crippen molar-refractivity contribution in [2.75, 3.05) is 21.2 Å². The highest BCUT2D eigenvalue weighted by molar-refractivity contribution is 7.19. The second kappa shape index (κ2) is 13.6. The average Bonchev–Trinajstić information content (AvgIpc) is 3.67. The van der Waals surface area contributed by atoms with Crippen LogP contribution in [0.4, 0.5) is 13.2 Å². The molecule has 0 spiro atoms. The molecular formula is C34H29F3N4O3S. The number of aromatic nitrogens is 3. The van der Waals surface area contributed by atoms with Gasteiger partial charge in [-0.1, -0.05) is 42.5 Å². The van der Waals surface area contributed by atoms with E-state index in [0.29, 0.717) is 22.9 Å². The number of carbonyl (C=O) groups excluding carboxylic acids is 1. The average molecular weight is 631 g/mol. The first-order valence-corrected chi connectivity index (χ1v) is 14.6. The molecule has 230 valence electrons. The molecule has 7 nitrogen and oxygen atoms in total. The number of aromatic amines is 1. The first-order chi connectivity index (χ1) is 21.6. The van der Waals surface area contributed by atoms with Crippen molar-refractivity contribution in [1.82, 2.24) is 19.9 Å². The maximum absolute atomic E-state index is 13.1. The van der Waals surface area contributed by atoms with Crippen molar-refractivity contribution in [3.05, 3.63) is 119 Å². The van der Waals surface area contributed by atoms with E-state index in [1.165, 1.54) is 18.1 Å². The van der Waals surface area contributed by atoms with E-state index in [4.69, 9.17) is 19.4 Å². The number of amides is 1. The number of nitrogens with one attached hydrogen (secondary N) is 1. The molecule has 0 saturated heterocycles. The Bertz CT molecular complexity index is 1820. The summed E-state index contributed by atoms with van der Waals surface area (Å²) in [5.41, 5.74) is 3.99. The quantitative estimate of drug-likeness (QED) is 0.172. The van der Waals surface area contributed by atoms with Gasteiger partial charge in [0.2, 0.25) is 6.41 Å². The van der Waals surface area contributed by atoms with Crippen molar-refractivity contribution in [2.45, 2.75) is 12.8 Å². The molecule has 11 heteroatoms. The van der Waals surface area contributed by atoms with Crippen molar-refractivity contribution in [2.24, 2.45) is 0 Å². The molecule has 0 saturated carbocycles. The maximum Gasteiger partial charge on any atom is 0.416 e. The molecule has 0 fully saturated rings. The SMILES string of the molecule is CN(C)C=O.COc1cc(/C=C(\c2nc3ccccc3[nH]2)c2nc3ccccc3s2)ccc1OCc1cccc(C(F)(F)F)c1. The summed E-state index contributed by atoms with van der Waals surface area (Å²) < 4.78 is 51.7. The topological polar surface area (TPSA) is 80.3 Å². The molecule has 0 aliphatic carbocycles. The summed E-state index contributed by atoms with van der Waals surface area (Å²) in [5, 5.41) is 0.809. The van der Waals surface area contributed by atoms with Gasteiger partial charge in [-0.3, -0.25) is 4.79 Å². The van der Waals surface area contributed by atoms with Gasteiger partial charge in [-0.2, -0.15) is 13.2 Å². The molecule has 4 aromatic carbocycles. The number of benzene rings is 4. The number of thiazole rings is 1. The van der Waals surface area contributed by atoms with Crippen molar-refractivity contribution in [1.29, 1.82) is 0 Å². The highest BCUT2D eigenvalue weighted by Gasteiger charge is 2.30. The molecule has 0 aliphatic heterocycles. The Balaban J connectivity index is 0.000000743. The number of hydrogen-bond acceptors (Lipinski definition) is 6. The van der Waals surface area contributed by atoms with Gasteiger partial charge in [-0.05, 0) is 65.7 Å². The van der Waals surface area contributed by atoms with Crippen LogP contribution in [0.25, 0.3) is 32.9 Å². The van der Waals surface area contributed by atoms with E-state index >= 15 is 0 Å². The predicted molar refractivity (Wildman–Crippen MR) is 171 cm³/mol. The van der Waals surface area contributed by atoms with Gasteiger partial charge in [0.25, 0.3) is 0 Å². The van der Waals surface area contributed by atoms with Crippen LogP contribution in [0.2, 0.25) is 0 Å². The van der Waals surface area contributed by atoms with Crippen molar-refractivity contribution in [3.63, 3.8) is 0 Å². The number of H-pyrrole nitrogens is 1. The Kier molecular flexibility index (Phi) is 9.48. The van der Waals surface area contributed by atoms with Crippen LogP contribution in [-0.2, 0) is 17.6 Å². The lowest BCUT2D eigenvalue weighted by Gasteiger charge is -2.13. The van der Waals surface area contributed by atoms with Gasteiger partial charge in [-0.15, -0.1) is 11.3 Å². The van der Waals surface area contributed by atoms with Gasteiger partial charge in [0.1, 0.15) is 17.4 Å². The van der Waals surface area contributed by atoms with Crippen LogP contribution in [0.15, 0.2) is 91.0 Å². The minimum Gasteiger partial charge on any atom is -0.493 e. The van der Waals surface area contributed by atoms with Gasteiger partial charge >= 0.3 is 6.18 Å². The normalized spacial score (nSPS) is 11.6. The summed E-state index contributed by atoms with van der Waals surface area (Å²) in [6, 6.07) is 26.3. The number of nitrogens with zero attached hydrogens (tertiary/aromatic N) is 3. The van der Waals surface area contributed by atoms with Crippen molar-refractivity contribution < 1.29 is 27.4 Å². The van der Waals surface area contributed by atoms with Crippen LogP contribution >= 0.6 is 11.3 Å². The van der Waals surface area contributed by atoms with E-state index in [-0.39, 0.29) is 6.61 Å². The van der Waals surface area contributed by atoms with E-state index in [1.54, 1.807) is 37.6 Å². The zero-order valence-electron chi connectivity index (χ0n) is 24.6. The fourth-order valence-corrected chi connectivity index (χ4v) is 5.34. The summed E-state index contributed by atoms with van der Waals surface area (Å²) in [7, 11) is 4.90. The fraction of sp³-hybridized carbons (Fsp3) is 0.147. The molecule has 0 aliphatic rings. The predicted octanol–water partition coefficient (Wildman–Crippen LogP) is 8.07. The van der Waals surface area contributed by atoms with Crippen LogP contribution in [0.1, 0.15) is 27.5 Å². The molecule has 0 atom stereocenters. The van der Waals surface area contributed by atoms with Gasteiger partial charge in [0.15, 0.2) is 11.5 Å². The number of alkyl halides is 3. The molecule has 2 heterocycles. The number of halogens is 3. The van der Waals surface area contributed by atoms with E-state index < -0.39 is 11.7 Å². The molecule has 6 rings (SSSR count). The Hall–Kier alpha value is -5.16. The number of para-hydroxylation sites is 3. The molecule has 2 aromatic heterocycles. The standard InChI is InChI=1S/C31H22F3N3O2S.C3H7NO/c1-38-27-17-19(13-14-26(27)39-18-20-7-6-8-21(15-20)31(32,33)34)16-22(29-35-23-9-2-3-10-24(23)36-29)30-37-25-11-4-5-12-28(25)40-30;1-4(2)3-5/h2-17H,18H2,1H3,(H,35,36);3H,1-2H3/b22-16+;. The Morgan fingerprint density at radius 3 is 2.33 bits per heavy atom. The van der Waals surface area contributed by atoms with Crippen LogP contribution in [-0.4, -0.2) is 47.5 Å². The molecule has 1 amide bonds. The van der Waals surface area contributed by atoms with Crippen LogP contribution in [0.5, 0.6) is 11.5 Å². The molecular weight excluding hydrogens is 601 g/mol. The highest BCUT2D eigenvalue weighted by atomic mass is 32.1. The number of carbonyl (C=O) groups is 1. The van der Waals surface area contributed by atoms with E-state index in [0.717, 1.165) is 55.9 Å². The number of hydrogen-bond donors (Lipinski definition) is 1. The van der Waals surface area contributed by atoms with Crippen molar-refractivity contribution in [3.8, 4) is 11.5 Å². The number of rotatable bonds is 8. The largest absolute Gasteiger partial charge is 0.493 e. The summed E-state index contributed by atoms with van der Waals surface area (Å²) in [6.07, 6.45) is -1.68.